The minimum Gasteiger partial charge on any atom is -0.337 e. The minimum atomic E-state index is 0.774. The van der Waals surface area contributed by atoms with E-state index in [0.29, 0.717) is 0 Å². The van der Waals surface area contributed by atoms with Gasteiger partial charge >= 0.3 is 0 Å². The molecule has 112 valence electrons. The molecular formula is C15H26N4O. The molecule has 3 rings (SSSR count). The van der Waals surface area contributed by atoms with E-state index in [9.17, 15) is 0 Å². The monoisotopic (exact) mass is 278 g/mol. The molecule has 1 aromatic heterocycles. The molecule has 5 nitrogen and oxygen atoms in total. The minimum absolute atomic E-state index is 0.774. The summed E-state index contributed by atoms with van der Waals surface area (Å²) in [5, 5.41) is 4.11. The molecule has 0 amide bonds. The Labute approximate surface area is 121 Å². The van der Waals surface area contributed by atoms with E-state index in [1.54, 1.807) is 0 Å². The van der Waals surface area contributed by atoms with Crippen LogP contribution < -0.4 is 4.90 Å². The number of aromatic nitrogens is 2. The fourth-order valence-corrected chi connectivity index (χ4v) is 3.38. The maximum atomic E-state index is 5.28. The fraction of sp³-hybridized carbons (Fsp3) is 0.867. The lowest BCUT2D eigenvalue weighted by Gasteiger charge is -2.35. The van der Waals surface area contributed by atoms with Gasteiger partial charge in [0.15, 0.2) is 0 Å². The molecule has 0 spiro atoms. The Bertz CT molecular complexity index is 406. The molecular weight excluding hydrogens is 252 g/mol. The summed E-state index contributed by atoms with van der Waals surface area (Å²) in [6, 6.07) is 0. The number of anilines is 1. The summed E-state index contributed by atoms with van der Waals surface area (Å²) in [7, 11) is 0. The van der Waals surface area contributed by atoms with E-state index in [4.69, 9.17) is 4.52 Å². The zero-order valence-electron chi connectivity index (χ0n) is 12.6. The first-order valence-corrected chi connectivity index (χ1v) is 8.15. The van der Waals surface area contributed by atoms with Crippen LogP contribution in [0.3, 0.4) is 0 Å². The molecule has 1 aromatic rings. The highest BCUT2D eigenvalue weighted by Gasteiger charge is 2.24. The standard InChI is InChI=1S/C15H26N4O/c1-2-5-14-16-15(17-20-14)19-10-8-18(9-11-19)12-13-6-3-4-7-13/h13H,2-12H2,1H3. The lowest BCUT2D eigenvalue weighted by Crippen LogP contribution is -2.48. The molecule has 0 bridgehead atoms. The molecule has 2 fully saturated rings. The lowest BCUT2D eigenvalue weighted by molar-refractivity contribution is 0.218. The molecule has 5 heteroatoms. The van der Waals surface area contributed by atoms with Crippen molar-refractivity contribution in [3.8, 4) is 0 Å². The van der Waals surface area contributed by atoms with Gasteiger partial charge in [0.2, 0.25) is 5.89 Å². The highest BCUT2D eigenvalue weighted by Crippen LogP contribution is 2.26. The summed E-state index contributed by atoms with van der Waals surface area (Å²) in [5.74, 6) is 2.51. The third-order valence-electron chi connectivity index (χ3n) is 4.57. The van der Waals surface area contributed by atoms with E-state index in [1.807, 2.05) is 0 Å². The van der Waals surface area contributed by atoms with Crippen molar-refractivity contribution in [3.63, 3.8) is 0 Å². The normalized spacial score (nSPS) is 21.8. The molecule has 20 heavy (non-hydrogen) atoms. The third kappa shape index (κ3) is 3.32. The molecule has 0 atom stereocenters. The van der Waals surface area contributed by atoms with E-state index < -0.39 is 0 Å². The van der Waals surface area contributed by atoms with Gasteiger partial charge in [0.25, 0.3) is 5.95 Å². The van der Waals surface area contributed by atoms with Crippen LogP contribution in [0.2, 0.25) is 0 Å². The molecule has 0 radical (unpaired) electrons. The van der Waals surface area contributed by atoms with Gasteiger partial charge in [-0.2, -0.15) is 4.98 Å². The van der Waals surface area contributed by atoms with E-state index in [1.165, 1.54) is 32.2 Å². The quantitative estimate of drug-likeness (QED) is 0.827. The Morgan fingerprint density at radius 3 is 2.60 bits per heavy atom. The van der Waals surface area contributed by atoms with Crippen molar-refractivity contribution in [2.45, 2.75) is 45.4 Å². The molecule has 1 aliphatic carbocycles. The van der Waals surface area contributed by atoms with E-state index >= 15 is 0 Å². The summed E-state index contributed by atoms with van der Waals surface area (Å²) in [6.07, 6.45) is 7.68. The van der Waals surface area contributed by atoms with Gasteiger partial charge in [-0.25, -0.2) is 0 Å². The topological polar surface area (TPSA) is 45.4 Å². The van der Waals surface area contributed by atoms with Gasteiger partial charge in [0.05, 0.1) is 0 Å². The van der Waals surface area contributed by atoms with Crippen molar-refractivity contribution in [1.82, 2.24) is 15.0 Å². The molecule has 1 saturated heterocycles. The average molecular weight is 278 g/mol. The Morgan fingerprint density at radius 1 is 1.15 bits per heavy atom. The van der Waals surface area contributed by atoms with Crippen LogP contribution in [-0.4, -0.2) is 47.8 Å². The third-order valence-corrected chi connectivity index (χ3v) is 4.57. The molecule has 0 N–H and O–H groups in total. The number of hydrogen-bond donors (Lipinski definition) is 0. The lowest BCUT2D eigenvalue weighted by atomic mass is 10.1. The summed E-state index contributed by atoms with van der Waals surface area (Å²) >= 11 is 0. The van der Waals surface area contributed by atoms with Crippen LogP contribution in [0.25, 0.3) is 0 Å². The van der Waals surface area contributed by atoms with Gasteiger partial charge in [0.1, 0.15) is 0 Å². The number of hydrogen-bond acceptors (Lipinski definition) is 5. The smallest absolute Gasteiger partial charge is 0.266 e. The second kappa shape index (κ2) is 6.57. The number of piperazine rings is 1. The molecule has 0 unspecified atom stereocenters. The maximum absolute atomic E-state index is 5.28. The van der Waals surface area contributed by atoms with E-state index in [0.717, 1.165) is 56.8 Å². The number of aryl methyl sites for hydroxylation is 1. The zero-order valence-corrected chi connectivity index (χ0v) is 12.6. The zero-order chi connectivity index (χ0) is 13.8. The van der Waals surface area contributed by atoms with Gasteiger partial charge in [0, 0.05) is 39.1 Å². The van der Waals surface area contributed by atoms with Gasteiger partial charge < -0.3 is 9.42 Å². The second-order valence-electron chi connectivity index (χ2n) is 6.18. The van der Waals surface area contributed by atoms with Crippen molar-refractivity contribution in [2.75, 3.05) is 37.6 Å². The van der Waals surface area contributed by atoms with Crippen LogP contribution in [0.5, 0.6) is 0 Å². The SMILES string of the molecule is CCCc1nc(N2CCN(CC3CCCC3)CC2)no1. The Balaban J connectivity index is 1.47. The summed E-state index contributed by atoms with van der Waals surface area (Å²) in [5.41, 5.74) is 0. The Hall–Kier alpha value is -1.10. The fourth-order valence-electron chi connectivity index (χ4n) is 3.38. The number of nitrogens with zero attached hydrogens (tertiary/aromatic N) is 4. The van der Waals surface area contributed by atoms with Crippen molar-refractivity contribution in [2.24, 2.45) is 5.92 Å². The van der Waals surface area contributed by atoms with Gasteiger partial charge in [-0.1, -0.05) is 19.8 Å². The predicted octanol–water partition coefficient (Wildman–Crippen LogP) is 2.33. The predicted molar refractivity (Wildman–Crippen MR) is 78.9 cm³/mol. The van der Waals surface area contributed by atoms with E-state index in [2.05, 4.69) is 26.9 Å². The highest BCUT2D eigenvalue weighted by atomic mass is 16.5. The molecule has 1 aliphatic heterocycles. The molecule has 2 aliphatic rings. The second-order valence-corrected chi connectivity index (χ2v) is 6.18. The van der Waals surface area contributed by atoms with Gasteiger partial charge in [-0.15, -0.1) is 0 Å². The van der Waals surface area contributed by atoms with Crippen LogP contribution in [0.1, 0.15) is 44.9 Å². The van der Waals surface area contributed by atoms with Crippen LogP contribution in [-0.2, 0) is 6.42 Å². The van der Waals surface area contributed by atoms with Gasteiger partial charge in [-0.05, 0) is 30.3 Å². The first-order chi connectivity index (χ1) is 9.85. The van der Waals surface area contributed by atoms with Crippen LogP contribution in [0.4, 0.5) is 5.95 Å². The first kappa shape index (κ1) is 13.9. The van der Waals surface area contributed by atoms with Crippen LogP contribution in [0.15, 0.2) is 4.52 Å². The summed E-state index contributed by atoms with van der Waals surface area (Å²) < 4.78 is 5.28. The highest BCUT2D eigenvalue weighted by molar-refractivity contribution is 5.28. The van der Waals surface area contributed by atoms with Crippen LogP contribution in [0, 0.1) is 5.92 Å². The number of rotatable bonds is 5. The Morgan fingerprint density at radius 2 is 1.90 bits per heavy atom. The summed E-state index contributed by atoms with van der Waals surface area (Å²) in [4.78, 5) is 9.35. The Kier molecular flexibility index (Phi) is 4.55. The largest absolute Gasteiger partial charge is 0.337 e. The average Bonchev–Trinajstić information content (AvgIpc) is 3.12. The van der Waals surface area contributed by atoms with Crippen molar-refractivity contribution in [1.29, 1.82) is 0 Å². The summed E-state index contributed by atoms with van der Waals surface area (Å²) in [6.45, 7) is 7.74. The molecule has 2 heterocycles. The van der Waals surface area contributed by atoms with E-state index in [-0.39, 0.29) is 0 Å². The maximum Gasteiger partial charge on any atom is 0.266 e. The van der Waals surface area contributed by atoms with Crippen molar-refractivity contribution >= 4 is 5.95 Å². The van der Waals surface area contributed by atoms with Crippen LogP contribution >= 0.6 is 0 Å². The molecule has 0 aromatic carbocycles. The first-order valence-electron chi connectivity index (χ1n) is 8.15. The van der Waals surface area contributed by atoms with Crippen molar-refractivity contribution in [3.05, 3.63) is 5.89 Å². The molecule has 1 saturated carbocycles. The van der Waals surface area contributed by atoms with Gasteiger partial charge in [-0.3, -0.25) is 4.90 Å². The van der Waals surface area contributed by atoms with Crippen molar-refractivity contribution < 1.29 is 4.52 Å².